The van der Waals surface area contributed by atoms with Gasteiger partial charge in [0, 0.05) is 6.54 Å². The lowest BCUT2D eigenvalue weighted by atomic mass is 9.87. The first kappa shape index (κ1) is 12.4. The van der Waals surface area contributed by atoms with Crippen molar-refractivity contribution in [1.82, 2.24) is 9.88 Å². The quantitative estimate of drug-likeness (QED) is 0.853. The maximum absolute atomic E-state index is 5.90. The molecule has 0 aromatic carbocycles. The molecule has 2 N–H and O–H groups in total. The molecular formula is C14H23N3. The summed E-state index contributed by atoms with van der Waals surface area (Å²) >= 11 is 0. The Morgan fingerprint density at radius 2 is 1.88 bits per heavy atom. The first-order chi connectivity index (χ1) is 7.95. The first-order valence-corrected chi connectivity index (χ1v) is 6.44. The smallest absolute Gasteiger partial charge is 0.123 e. The van der Waals surface area contributed by atoms with Gasteiger partial charge >= 0.3 is 0 Å². The number of hydrogen-bond acceptors (Lipinski definition) is 3. The third-order valence-corrected chi connectivity index (χ3v) is 3.35. The molecule has 2 heterocycles. The molecule has 3 nitrogen and oxygen atoms in total. The number of anilines is 1. The Balaban J connectivity index is 2.19. The second kappa shape index (κ2) is 4.65. The minimum atomic E-state index is 0.136. The van der Waals surface area contributed by atoms with Crippen LogP contribution in [0.3, 0.4) is 0 Å². The van der Waals surface area contributed by atoms with Crippen LogP contribution in [-0.2, 0) is 12.0 Å². The normalized spacial score (nSPS) is 17.6. The van der Waals surface area contributed by atoms with Gasteiger partial charge in [-0.25, -0.2) is 4.98 Å². The molecule has 1 fully saturated rings. The van der Waals surface area contributed by atoms with E-state index in [1.54, 1.807) is 0 Å². The zero-order valence-corrected chi connectivity index (χ0v) is 11.2. The van der Waals surface area contributed by atoms with Crippen molar-refractivity contribution in [2.45, 2.75) is 45.6 Å². The highest BCUT2D eigenvalue weighted by Crippen LogP contribution is 2.24. The number of aromatic nitrogens is 1. The number of hydrogen-bond donors (Lipinski definition) is 1. The molecule has 0 unspecified atom stereocenters. The Morgan fingerprint density at radius 3 is 2.47 bits per heavy atom. The maximum atomic E-state index is 5.90. The van der Waals surface area contributed by atoms with Crippen molar-refractivity contribution >= 4 is 5.82 Å². The fourth-order valence-corrected chi connectivity index (χ4v) is 2.29. The van der Waals surface area contributed by atoms with Gasteiger partial charge in [0.15, 0.2) is 0 Å². The van der Waals surface area contributed by atoms with Crippen LogP contribution in [0.4, 0.5) is 5.82 Å². The summed E-state index contributed by atoms with van der Waals surface area (Å²) in [4.78, 5) is 6.90. The molecule has 1 aliphatic heterocycles. The standard InChI is InChI=1S/C14H23N3/c1-14(2,3)11-8-12(16-13(15)9-11)10-17-6-4-5-7-17/h8-9H,4-7,10H2,1-3H3,(H2,15,16). The van der Waals surface area contributed by atoms with E-state index in [1.807, 2.05) is 6.07 Å². The van der Waals surface area contributed by atoms with E-state index in [4.69, 9.17) is 5.73 Å². The van der Waals surface area contributed by atoms with Crippen LogP contribution in [0, 0.1) is 0 Å². The summed E-state index contributed by atoms with van der Waals surface area (Å²) in [5, 5.41) is 0. The zero-order chi connectivity index (χ0) is 12.5. The average molecular weight is 233 g/mol. The fourth-order valence-electron chi connectivity index (χ4n) is 2.29. The molecule has 17 heavy (non-hydrogen) atoms. The van der Waals surface area contributed by atoms with Crippen LogP contribution in [0.2, 0.25) is 0 Å². The second-order valence-electron chi connectivity index (χ2n) is 6.01. The SMILES string of the molecule is CC(C)(C)c1cc(N)nc(CN2CCCC2)c1. The topological polar surface area (TPSA) is 42.1 Å². The van der Waals surface area contributed by atoms with Crippen molar-refractivity contribution in [2.75, 3.05) is 18.8 Å². The molecule has 0 bridgehead atoms. The predicted molar refractivity (Wildman–Crippen MR) is 71.9 cm³/mol. The van der Waals surface area contributed by atoms with E-state index in [0.29, 0.717) is 5.82 Å². The lowest BCUT2D eigenvalue weighted by Gasteiger charge is -2.21. The van der Waals surface area contributed by atoms with E-state index >= 15 is 0 Å². The van der Waals surface area contributed by atoms with Gasteiger partial charge in [-0.15, -0.1) is 0 Å². The minimum absolute atomic E-state index is 0.136. The summed E-state index contributed by atoms with van der Waals surface area (Å²) in [6.07, 6.45) is 2.63. The van der Waals surface area contributed by atoms with Crippen LogP contribution in [0.25, 0.3) is 0 Å². The van der Waals surface area contributed by atoms with Gasteiger partial charge in [0.05, 0.1) is 5.69 Å². The van der Waals surface area contributed by atoms with Crippen molar-refractivity contribution in [3.05, 3.63) is 23.4 Å². The number of pyridine rings is 1. The summed E-state index contributed by atoms with van der Waals surface area (Å²) < 4.78 is 0. The van der Waals surface area contributed by atoms with Crippen molar-refractivity contribution in [3.8, 4) is 0 Å². The zero-order valence-electron chi connectivity index (χ0n) is 11.2. The molecule has 0 radical (unpaired) electrons. The Kier molecular flexibility index (Phi) is 3.38. The van der Waals surface area contributed by atoms with Crippen LogP contribution >= 0.6 is 0 Å². The molecule has 0 spiro atoms. The molecular weight excluding hydrogens is 210 g/mol. The number of nitrogens with zero attached hydrogens (tertiary/aromatic N) is 2. The molecule has 1 saturated heterocycles. The monoisotopic (exact) mass is 233 g/mol. The lowest BCUT2D eigenvalue weighted by molar-refractivity contribution is 0.327. The third kappa shape index (κ3) is 3.19. The predicted octanol–water partition coefficient (Wildman–Crippen LogP) is 2.56. The molecule has 1 aromatic rings. The van der Waals surface area contributed by atoms with Crippen molar-refractivity contribution < 1.29 is 0 Å². The average Bonchev–Trinajstić information content (AvgIpc) is 2.68. The van der Waals surface area contributed by atoms with Crippen LogP contribution in [-0.4, -0.2) is 23.0 Å². The van der Waals surface area contributed by atoms with Gasteiger partial charge in [-0.05, 0) is 49.0 Å². The molecule has 0 saturated carbocycles. The molecule has 0 amide bonds. The number of nitrogen functional groups attached to an aromatic ring is 1. The van der Waals surface area contributed by atoms with E-state index < -0.39 is 0 Å². The van der Waals surface area contributed by atoms with E-state index in [1.165, 1.54) is 31.5 Å². The summed E-state index contributed by atoms with van der Waals surface area (Å²) in [6.45, 7) is 9.96. The highest BCUT2D eigenvalue weighted by Gasteiger charge is 2.17. The van der Waals surface area contributed by atoms with Crippen LogP contribution in [0.1, 0.15) is 44.9 Å². The fraction of sp³-hybridized carbons (Fsp3) is 0.643. The van der Waals surface area contributed by atoms with Crippen molar-refractivity contribution in [2.24, 2.45) is 0 Å². The van der Waals surface area contributed by atoms with Gasteiger partial charge in [0.1, 0.15) is 5.82 Å². The highest BCUT2D eigenvalue weighted by atomic mass is 15.1. The van der Waals surface area contributed by atoms with Gasteiger partial charge in [0.25, 0.3) is 0 Å². The lowest BCUT2D eigenvalue weighted by Crippen LogP contribution is -2.20. The second-order valence-corrected chi connectivity index (χ2v) is 6.01. The molecule has 0 atom stereocenters. The molecule has 1 aromatic heterocycles. The Bertz CT molecular complexity index is 387. The summed E-state index contributed by atoms with van der Waals surface area (Å²) in [7, 11) is 0. The first-order valence-electron chi connectivity index (χ1n) is 6.44. The molecule has 2 rings (SSSR count). The highest BCUT2D eigenvalue weighted by molar-refractivity contribution is 5.38. The largest absolute Gasteiger partial charge is 0.384 e. The third-order valence-electron chi connectivity index (χ3n) is 3.35. The number of rotatable bonds is 2. The summed E-state index contributed by atoms with van der Waals surface area (Å²) in [6, 6.07) is 4.20. The molecule has 0 aliphatic carbocycles. The molecule has 94 valence electrons. The maximum Gasteiger partial charge on any atom is 0.123 e. The van der Waals surface area contributed by atoms with Crippen LogP contribution < -0.4 is 5.73 Å². The van der Waals surface area contributed by atoms with Gasteiger partial charge in [0.2, 0.25) is 0 Å². The number of likely N-dealkylation sites (tertiary alicyclic amines) is 1. The van der Waals surface area contributed by atoms with E-state index in [0.717, 1.165) is 12.2 Å². The van der Waals surface area contributed by atoms with Crippen LogP contribution in [0.5, 0.6) is 0 Å². The Labute approximate surface area is 104 Å². The molecule has 3 heteroatoms. The number of nitrogens with two attached hydrogens (primary N) is 1. The van der Waals surface area contributed by atoms with Gasteiger partial charge in [-0.3, -0.25) is 4.90 Å². The summed E-state index contributed by atoms with van der Waals surface area (Å²) in [5.41, 5.74) is 8.42. The Morgan fingerprint density at radius 1 is 1.24 bits per heavy atom. The Hall–Kier alpha value is -1.09. The van der Waals surface area contributed by atoms with Gasteiger partial charge < -0.3 is 5.73 Å². The van der Waals surface area contributed by atoms with Gasteiger partial charge in [-0.1, -0.05) is 20.8 Å². The van der Waals surface area contributed by atoms with E-state index in [-0.39, 0.29) is 5.41 Å². The van der Waals surface area contributed by atoms with Gasteiger partial charge in [-0.2, -0.15) is 0 Å². The van der Waals surface area contributed by atoms with Crippen molar-refractivity contribution in [3.63, 3.8) is 0 Å². The minimum Gasteiger partial charge on any atom is -0.384 e. The summed E-state index contributed by atoms with van der Waals surface area (Å²) in [5.74, 6) is 0.645. The van der Waals surface area contributed by atoms with Crippen LogP contribution in [0.15, 0.2) is 12.1 Å². The van der Waals surface area contributed by atoms with E-state index in [9.17, 15) is 0 Å². The van der Waals surface area contributed by atoms with E-state index in [2.05, 4.69) is 36.7 Å². The van der Waals surface area contributed by atoms with Crippen molar-refractivity contribution in [1.29, 1.82) is 0 Å². The molecule has 1 aliphatic rings.